The Hall–Kier alpha value is -2.97. The second-order valence-electron chi connectivity index (χ2n) is 10.8. The summed E-state index contributed by atoms with van der Waals surface area (Å²) in [5, 5.41) is 0. The molecule has 2 heterocycles. The van der Waals surface area contributed by atoms with Gasteiger partial charge in [-0.2, -0.15) is 8.42 Å². The molecule has 2 aliphatic heterocycles. The van der Waals surface area contributed by atoms with Crippen molar-refractivity contribution in [1.29, 1.82) is 0 Å². The Balaban J connectivity index is 1.33. The highest BCUT2D eigenvalue weighted by Crippen LogP contribution is 2.47. The van der Waals surface area contributed by atoms with Crippen molar-refractivity contribution >= 4 is 10.1 Å². The minimum atomic E-state index is -3.95. The molecule has 0 spiro atoms. The van der Waals surface area contributed by atoms with Gasteiger partial charge in [0.1, 0.15) is 0 Å². The minimum Gasteiger partial charge on any atom is -0.493 e. The van der Waals surface area contributed by atoms with Crippen molar-refractivity contribution in [1.82, 2.24) is 4.90 Å². The second-order valence-corrected chi connectivity index (χ2v) is 12.4. The molecular formula is C30H35NO6S. The molecule has 1 fully saturated rings. The number of ether oxygens (including phenoxy) is 3. The first-order chi connectivity index (χ1) is 18.4. The first-order valence-corrected chi connectivity index (χ1v) is 14.9. The van der Waals surface area contributed by atoms with Crippen molar-refractivity contribution in [2.24, 2.45) is 5.92 Å². The largest absolute Gasteiger partial charge is 0.493 e. The Morgan fingerprint density at radius 1 is 0.974 bits per heavy atom. The zero-order valence-electron chi connectivity index (χ0n) is 22.2. The molecule has 2 atom stereocenters. The molecule has 2 unspecified atom stereocenters. The van der Waals surface area contributed by atoms with Gasteiger partial charge in [-0.05, 0) is 85.4 Å². The van der Waals surface area contributed by atoms with Crippen LogP contribution >= 0.6 is 0 Å². The van der Waals surface area contributed by atoms with E-state index in [9.17, 15) is 8.42 Å². The quantitative estimate of drug-likeness (QED) is 0.433. The molecule has 1 saturated carbocycles. The summed E-state index contributed by atoms with van der Waals surface area (Å²) in [4.78, 5) is 2.69. The predicted octanol–water partition coefficient (Wildman–Crippen LogP) is 5.48. The van der Waals surface area contributed by atoms with Gasteiger partial charge < -0.3 is 18.4 Å². The third-order valence-electron chi connectivity index (χ3n) is 8.31. The van der Waals surface area contributed by atoms with E-state index in [0.29, 0.717) is 29.4 Å². The zero-order valence-corrected chi connectivity index (χ0v) is 23.1. The van der Waals surface area contributed by atoms with Gasteiger partial charge in [0.25, 0.3) is 0 Å². The highest BCUT2D eigenvalue weighted by Gasteiger charge is 2.37. The van der Waals surface area contributed by atoms with E-state index in [0.717, 1.165) is 54.9 Å². The van der Waals surface area contributed by atoms with Crippen LogP contribution in [0, 0.1) is 5.92 Å². The number of benzene rings is 2. The molecule has 0 N–H and O–H groups in total. The molecular weight excluding hydrogens is 502 g/mol. The van der Waals surface area contributed by atoms with Crippen LogP contribution in [0.2, 0.25) is 0 Å². The Labute approximate surface area is 225 Å². The van der Waals surface area contributed by atoms with Gasteiger partial charge in [-0.25, -0.2) is 0 Å². The molecule has 38 heavy (non-hydrogen) atoms. The lowest BCUT2D eigenvalue weighted by Gasteiger charge is -2.42. The van der Waals surface area contributed by atoms with Gasteiger partial charge in [0.05, 0.1) is 25.2 Å². The van der Waals surface area contributed by atoms with Crippen LogP contribution in [0.25, 0.3) is 0 Å². The number of hydrogen-bond donors (Lipinski definition) is 0. The molecule has 0 radical (unpaired) electrons. The summed E-state index contributed by atoms with van der Waals surface area (Å²) in [6.45, 7) is 3.44. The van der Waals surface area contributed by atoms with Crippen molar-refractivity contribution in [2.75, 3.05) is 20.8 Å². The van der Waals surface area contributed by atoms with Crippen molar-refractivity contribution in [2.45, 2.75) is 64.1 Å². The molecule has 2 aliphatic carbocycles. The number of allylic oxidation sites excluding steroid dienone is 4. The number of methoxy groups -OCH3 is 2. The standard InChI is InChI=1S/C30H35NO6S/c1-19-6-4-9-23(14-19)38(32,33)37-30-25-18-31-13-12-21-16-29(36-22-7-5-8-22)28(35-3)17-24(21)26(31)15-20(25)10-11-27(30)34-2/h4,6,9-11,16-17,19,22,26H,5,7-8,12-15,18H2,1-3H3. The fourth-order valence-electron chi connectivity index (χ4n) is 5.94. The molecule has 8 heteroatoms. The van der Waals surface area contributed by atoms with Gasteiger partial charge in [0.2, 0.25) is 0 Å². The van der Waals surface area contributed by atoms with Crippen LogP contribution in [0.1, 0.15) is 60.9 Å². The third-order valence-corrected chi connectivity index (χ3v) is 9.65. The smallest absolute Gasteiger partial charge is 0.335 e. The van der Waals surface area contributed by atoms with Crippen molar-refractivity contribution in [3.05, 3.63) is 69.7 Å². The lowest BCUT2D eigenvalue weighted by molar-refractivity contribution is 0.115. The van der Waals surface area contributed by atoms with E-state index < -0.39 is 10.1 Å². The third kappa shape index (κ3) is 4.58. The summed E-state index contributed by atoms with van der Waals surface area (Å²) in [5.41, 5.74) is 4.50. The van der Waals surface area contributed by atoms with Crippen LogP contribution in [-0.4, -0.2) is 40.2 Å². The Kier molecular flexibility index (Phi) is 6.64. The maximum atomic E-state index is 13.3. The van der Waals surface area contributed by atoms with E-state index in [1.54, 1.807) is 26.4 Å². The van der Waals surface area contributed by atoms with Crippen LogP contribution < -0.4 is 18.4 Å². The summed E-state index contributed by atoms with van der Waals surface area (Å²) in [5.74, 6) is 2.50. The average molecular weight is 538 g/mol. The van der Waals surface area contributed by atoms with E-state index in [-0.39, 0.29) is 18.1 Å². The van der Waals surface area contributed by atoms with Crippen LogP contribution in [0.4, 0.5) is 0 Å². The molecule has 2 aromatic rings. The highest BCUT2D eigenvalue weighted by atomic mass is 32.2. The van der Waals surface area contributed by atoms with E-state index in [1.807, 2.05) is 25.1 Å². The van der Waals surface area contributed by atoms with Gasteiger partial charge in [0, 0.05) is 24.7 Å². The molecule has 7 nitrogen and oxygen atoms in total. The summed E-state index contributed by atoms with van der Waals surface area (Å²) in [6.07, 6.45) is 11.2. The fraction of sp³-hybridized carbons (Fsp3) is 0.467. The maximum Gasteiger partial charge on any atom is 0.335 e. The van der Waals surface area contributed by atoms with Gasteiger partial charge >= 0.3 is 10.1 Å². The summed E-state index contributed by atoms with van der Waals surface area (Å²) in [7, 11) is -0.713. The molecule has 0 saturated heterocycles. The predicted molar refractivity (Wildman–Crippen MR) is 145 cm³/mol. The topological polar surface area (TPSA) is 74.3 Å². The molecule has 0 bridgehead atoms. The van der Waals surface area contributed by atoms with Crippen molar-refractivity contribution in [3.8, 4) is 23.0 Å². The highest BCUT2D eigenvalue weighted by molar-refractivity contribution is 7.91. The monoisotopic (exact) mass is 537 g/mol. The normalized spacial score (nSPS) is 22.9. The minimum absolute atomic E-state index is 0.144. The molecule has 202 valence electrons. The van der Waals surface area contributed by atoms with Crippen molar-refractivity contribution in [3.63, 3.8) is 0 Å². The number of fused-ring (bicyclic) bond motifs is 4. The zero-order chi connectivity index (χ0) is 26.4. The molecule has 0 amide bonds. The molecule has 2 aromatic carbocycles. The van der Waals surface area contributed by atoms with Gasteiger partial charge in [-0.1, -0.05) is 25.1 Å². The Bertz CT molecular complexity index is 1410. The number of rotatable bonds is 7. The van der Waals surface area contributed by atoms with Gasteiger partial charge in [0.15, 0.2) is 23.0 Å². The van der Waals surface area contributed by atoms with Gasteiger partial charge in [-0.3, -0.25) is 4.90 Å². The maximum absolute atomic E-state index is 13.3. The summed E-state index contributed by atoms with van der Waals surface area (Å²) in [6, 6.07) is 8.33. The first-order valence-electron chi connectivity index (χ1n) is 13.5. The average Bonchev–Trinajstić information content (AvgIpc) is 2.89. The Morgan fingerprint density at radius 2 is 1.79 bits per heavy atom. The molecule has 0 aromatic heterocycles. The van der Waals surface area contributed by atoms with Crippen molar-refractivity contribution < 1.29 is 26.8 Å². The SMILES string of the molecule is COc1cc2c(cc1OC1CCC1)CCN1Cc3c(ccc(OC)c3OS(=O)(=O)C3=CC=CC(C)C3)CC21. The first kappa shape index (κ1) is 25.3. The second kappa shape index (κ2) is 9.97. The van der Waals surface area contributed by atoms with E-state index in [2.05, 4.69) is 17.0 Å². The van der Waals surface area contributed by atoms with Crippen LogP contribution in [0.3, 0.4) is 0 Å². The van der Waals surface area contributed by atoms with Crippen LogP contribution in [-0.2, 0) is 29.5 Å². The van der Waals surface area contributed by atoms with Crippen LogP contribution in [0.15, 0.2) is 47.4 Å². The lowest BCUT2D eigenvalue weighted by Crippen LogP contribution is -2.39. The number of nitrogens with zero attached hydrogens (tertiary/aromatic N) is 1. The summed E-state index contributed by atoms with van der Waals surface area (Å²) >= 11 is 0. The Morgan fingerprint density at radius 3 is 2.50 bits per heavy atom. The van der Waals surface area contributed by atoms with E-state index in [4.69, 9.17) is 18.4 Å². The summed E-state index contributed by atoms with van der Waals surface area (Å²) < 4.78 is 50.0. The fourth-order valence-corrected chi connectivity index (χ4v) is 7.16. The van der Waals surface area contributed by atoms with Crippen LogP contribution in [0.5, 0.6) is 23.0 Å². The molecule has 4 aliphatic rings. The van der Waals surface area contributed by atoms with E-state index in [1.165, 1.54) is 17.5 Å². The molecule has 6 rings (SSSR count). The lowest BCUT2D eigenvalue weighted by atomic mass is 9.83. The number of hydrogen-bond acceptors (Lipinski definition) is 7. The van der Waals surface area contributed by atoms with Gasteiger partial charge in [-0.15, -0.1) is 0 Å². The van der Waals surface area contributed by atoms with E-state index >= 15 is 0 Å².